The molecule has 7 nitrogen and oxygen atoms in total. The first-order valence-corrected chi connectivity index (χ1v) is 27.0. The zero-order chi connectivity index (χ0) is 45.7. The molecule has 0 amide bonds. The van der Waals surface area contributed by atoms with Crippen LogP contribution in [-0.2, 0) is 4.79 Å². The number of carbonyl (C=O) groups is 5. The summed E-state index contributed by atoms with van der Waals surface area (Å²) in [4.78, 5) is 62.1. The Morgan fingerprint density at radius 3 is 1.05 bits per heavy atom. The number of carboxylic acids is 1. The molecule has 343 valence electrons. The van der Waals surface area contributed by atoms with Gasteiger partial charge in [-0.3, -0.25) is 24.0 Å². The molecule has 2 aromatic heterocycles. The van der Waals surface area contributed by atoms with Crippen molar-refractivity contribution in [2.45, 2.75) is 214 Å². The van der Waals surface area contributed by atoms with Gasteiger partial charge in [0.1, 0.15) is 0 Å². The Bertz CT molecular complexity index is 1520. The number of fused-ring (bicyclic) bond motifs is 2. The van der Waals surface area contributed by atoms with Crippen molar-refractivity contribution < 1.29 is 29.1 Å². The van der Waals surface area contributed by atoms with Crippen LogP contribution in [0.4, 0.5) is 0 Å². The van der Waals surface area contributed by atoms with Gasteiger partial charge in [-0.05, 0) is 57.5 Å². The number of Topliss-reactive ketones (excluding diaryl/α,β-unsaturated/α-hetero) is 4. The summed E-state index contributed by atoms with van der Waals surface area (Å²) in [6, 6.07) is 0. The van der Waals surface area contributed by atoms with Crippen LogP contribution in [0, 0.1) is 10.8 Å². The second-order valence-corrected chi connectivity index (χ2v) is 21.4. The standard InChI is InChI=1S/C23H34Br2O2S.C23H36O2S.C2H4O2.BHNS/c1-3-5-7-9-11-13-15-23(16-14-12-10-8-6-4-2)19(26)17-18(20(23)27)22(25)28-21(17)24;1-3-5-7-9-11-13-15-23(16-14-12-10-8-6-4-2)21(24)19-17-26-18-20(19)22(23)25;1-2(3)4;1-2-3/h3-16H2,1-2H3;17-18H,3-16H2,1-2H3;1H3,(H,3,4);3H. The van der Waals surface area contributed by atoms with Crippen LogP contribution in [0.2, 0.25) is 0 Å². The summed E-state index contributed by atoms with van der Waals surface area (Å²) in [5.74, 6) is -0.436. The van der Waals surface area contributed by atoms with Crippen molar-refractivity contribution in [1.29, 1.82) is 0 Å². The van der Waals surface area contributed by atoms with Crippen molar-refractivity contribution in [2.24, 2.45) is 15.1 Å². The molecular formula is C48H75BBr2NO6S3. The van der Waals surface area contributed by atoms with Crippen LogP contribution in [0.5, 0.6) is 0 Å². The van der Waals surface area contributed by atoms with Gasteiger partial charge in [0.05, 0.1) is 29.5 Å². The maximum atomic E-state index is 13.4. The summed E-state index contributed by atoms with van der Waals surface area (Å²) in [6.45, 7) is 9.98. The van der Waals surface area contributed by atoms with Crippen LogP contribution in [0.1, 0.15) is 256 Å². The summed E-state index contributed by atoms with van der Waals surface area (Å²) in [5.41, 5.74) is 1.15. The summed E-state index contributed by atoms with van der Waals surface area (Å²) in [6.07, 6.45) is 31.4. The summed E-state index contributed by atoms with van der Waals surface area (Å²) in [7, 11) is 4.34. The molecule has 0 atom stereocenters. The predicted octanol–water partition coefficient (Wildman–Crippen LogP) is 17.0. The van der Waals surface area contributed by atoms with Gasteiger partial charge >= 0.3 is 24.8 Å². The Balaban J connectivity index is 0.000000530. The number of aliphatic carboxylic acids is 1. The second kappa shape index (κ2) is 33.2. The van der Waals surface area contributed by atoms with E-state index in [4.69, 9.17) is 9.90 Å². The van der Waals surface area contributed by atoms with Crippen LogP contribution < -0.4 is 0 Å². The van der Waals surface area contributed by atoms with Gasteiger partial charge in [-0.1, -0.05) is 182 Å². The molecule has 0 aromatic carbocycles. The van der Waals surface area contributed by atoms with Gasteiger partial charge in [0.2, 0.25) is 0 Å². The van der Waals surface area contributed by atoms with Crippen LogP contribution in [0.15, 0.2) is 22.6 Å². The molecular weight excluding hydrogens is 953 g/mol. The number of nitrogens with zero attached hydrogens (tertiary/aromatic N) is 1. The first-order chi connectivity index (χ1) is 29.3. The van der Waals surface area contributed by atoms with Crippen LogP contribution >= 0.6 is 67.3 Å². The molecule has 1 radical (unpaired) electrons. The monoisotopic (exact) mass is 1030 g/mol. The number of rotatable bonds is 28. The molecule has 2 heterocycles. The third-order valence-electron chi connectivity index (χ3n) is 12.0. The zero-order valence-corrected chi connectivity index (χ0v) is 43.7. The molecule has 2 aliphatic carbocycles. The van der Waals surface area contributed by atoms with Crippen molar-refractivity contribution >= 4 is 104 Å². The molecule has 1 N–H and O–H groups in total. The molecule has 0 aliphatic heterocycles. The van der Waals surface area contributed by atoms with Crippen molar-refractivity contribution in [3.63, 3.8) is 0 Å². The molecule has 0 unspecified atom stereocenters. The Kier molecular flexibility index (Phi) is 31.5. The van der Waals surface area contributed by atoms with E-state index in [0.29, 0.717) is 35.1 Å². The average molecular weight is 1030 g/mol. The number of halogens is 2. The van der Waals surface area contributed by atoms with E-state index in [1.807, 2.05) is 10.8 Å². The third-order valence-corrected chi connectivity index (χ3v) is 15.3. The number of hydrogen-bond donors (Lipinski definition) is 2. The van der Waals surface area contributed by atoms with E-state index in [9.17, 15) is 19.2 Å². The number of unbranched alkanes of at least 4 members (excludes halogenated alkanes) is 20. The first kappa shape index (κ1) is 57.7. The van der Waals surface area contributed by atoms with Crippen LogP contribution in [0.25, 0.3) is 0 Å². The van der Waals surface area contributed by atoms with E-state index in [2.05, 4.69) is 84.3 Å². The fourth-order valence-corrected chi connectivity index (χ4v) is 12.6. The van der Waals surface area contributed by atoms with E-state index >= 15 is 0 Å². The molecule has 0 saturated carbocycles. The zero-order valence-electron chi connectivity index (χ0n) is 38.0. The van der Waals surface area contributed by atoms with E-state index in [1.165, 1.54) is 125 Å². The van der Waals surface area contributed by atoms with Crippen LogP contribution in [0.3, 0.4) is 0 Å². The Hall–Kier alpha value is -1.28. The molecule has 0 fully saturated rings. The van der Waals surface area contributed by atoms with E-state index < -0.39 is 16.8 Å². The number of carbonyl (C=O) groups excluding carboxylic acids is 4. The van der Waals surface area contributed by atoms with Crippen molar-refractivity contribution in [3.8, 4) is 0 Å². The molecule has 2 aromatic rings. The average Bonchev–Trinajstić information content (AvgIpc) is 3.93. The van der Waals surface area contributed by atoms with Crippen molar-refractivity contribution in [2.75, 3.05) is 0 Å². The molecule has 13 heteroatoms. The SMILES string of the molecule is CC(=O)O.CCCCCCCCC1(CCCCCCCC)C(=O)c2c(Br)sc(Br)c2C1=O.CCCCCCCCC1(CCCCCCCC)C(=O)c2cscc2C1=O.[B]=NS. The number of ketones is 4. The number of thiophene rings is 2. The van der Waals surface area contributed by atoms with Gasteiger partial charge in [-0.15, -0.1) is 11.3 Å². The third kappa shape index (κ3) is 18.6. The number of hydrogen-bond acceptors (Lipinski definition) is 9. The van der Waals surface area contributed by atoms with Gasteiger partial charge in [-0.2, -0.15) is 11.3 Å². The predicted molar refractivity (Wildman–Crippen MR) is 269 cm³/mol. The van der Waals surface area contributed by atoms with E-state index in [-0.39, 0.29) is 23.1 Å². The fraction of sp³-hybridized carbons (Fsp3) is 0.729. The van der Waals surface area contributed by atoms with Crippen molar-refractivity contribution in [3.05, 3.63) is 40.6 Å². The number of thiol groups is 1. The van der Waals surface area contributed by atoms with Gasteiger partial charge < -0.3 is 5.11 Å². The van der Waals surface area contributed by atoms with Gasteiger partial charge in [0, 0.05) is 28.8 Å². The summed E-state index contributed by atoms with van der Waals surface area (Å²) in [5, 5.41) is 11.2. The molecule has 0 bridgehead atoms. The van der Waals surface area contributed by atoms with Gasteiger partial charge in [-0.25, -0.2) is 0 Å². The Morgan fingerprint density at radius 1 is 0.557 bits per heavy atom. The van der Waals surface area contributed by atoms with Gasteiger partial charge in [0.25, 0.3) is 5.97 Å². The van der Waals surface area contributed by atoms with E-state index in [1.54, 1.807) is 0 Å². The molecule has 61 heavy (non-hydrogen) atoms. The molecule has 2 aliphatic rings. The van der Waals surface area contributed by atoms with Crippen molar-refractivity contribution in [1.82, 2.24) is 0 Å². The molecule has 0 saturated heterocycles. The molecule has 4 rings (SSSR count). The minimum absolute atomic E-state index is 0.0726. The molecule has 0 spiro atoms. The quantitative estimate of drug-likeness (QED) is 0.0379. The number of carboxylic acid groups (broad SMARTS) is 1. The summed E-state index contributed by atoms with van der Waals surface area (Å²) < 4.78 is 4.31. The second-order valence-electron chi connectivity index (χ2n) is 16.8. The normalized spacial score (nSPS) is 14.3. The fourth-order valence-electron chi connectivity index (χ4n) is 8.62. The Labute approximate surface area is 400 Å². The maximum absolute atomic E-state index is 13.4. The van der Waals surface area contributed by atoms with E-state index in [0.717, 1.165) is 78.7 Å². The van der Waals surface area contributed by atoms with Crippen LogP contribution in [-0.4, -0.2) is 41.8 Å². The Morgan fingerprint density at radius 2 is 0.787 bits per heavy atom. The summed E-state index contributed by atoms with van der Waals surface area (Å²) >= 11 is 13.2. The topological polar surface area (TPSA) is 118 Å². The first-order valence-electron chi connectivity index (χ1n) is 23.3. The minimum atomic E-state index is -0.833. The van der Waals surface area contributed by atoms with Gasteiger partial charge in [0.15, 0.2) is 23.1 Å².